The highest BCUT2D eigenvalue weighted by Gasteiger charge is 2.23. The maximum Gasteiger partial charge on any atom is 0.306 e. The molecule has 35 heavy (non-hydrogen) atoms. The number of fused-ring (bicyclic) bond motifs is 1. The largest absolute Gasteiger partial charge is 0.466 e. The Morgan fingerprint density at radius 2 is 1.83 bits per heavy atom. The van der Waals surface area contributed by atoms with Gasteiger partial charge in [0.15, 0.2) is 17.5 Å². The first kappa shape index (κ1) is 24.5. The molecule has 0 unspecified atom stereocenters. The highest BCUT2D eigenvalue weighted by molar-refractivity contribution is 5.69. The maximum absolute atomic E-state index is 14.5. The van der Waals surface area contributed by atoms with Gasteiger partial charge in [0, 0.05) is 36.5 Å². The first-order chi connectivity index (χ1) is 16.9. The van der Waals surface area contributed by atoms with E-state index in [0.717, 1.165) is 30.5 Å². The van der Waals surface area contributed by atoms with Gasteiger partial charge >= 0.3 is 5.97 Å². The van der Waals surface area contributed by atoms with Crippen LogP contribution in [0.4, 0.5) is 34.8 Å². The number of aromatic nitrogens is 1. The van der Waals surface area contributed by atoms with E-state index in [1.54, 1.807) is 24.0 Å². The molecule has 0 fully saturated rings. The Bertz CT molecular complexity index is 1210. The molecule has 2 heterocycles. The number of nitrogens with zero attached hydrogens (tertiary/aromatic N) is 2. The summed E-state index contributed by atoms with van der Waals surface area (Å²) in [5, 5.41) is 3.12. The molecule has 0 saturated carbocycles. The SMILES string of the molecule is CCOC(=O)CCc1ccc(NCc2ccc3c(n2)N(c2cc(F)c(F)c(F)c2)CCC3)cc1F. The van der Waals surface area contributed by atoms with E-state index < -0.39 is 23.3 Å². The Labute approximate surface area is 200 Å². The molecule has 0 atom stereocenters. The number of ether oxygens (including phenoxy) is 1. The van der Waals surface area contributed by atoms with Crippen LogP contribution in [0.1, 0.15) is 36.6 Å². The lowest BCUT2D eigenvalue weighted by Gasteiger charge is -2.30. The van der Waals surface area contributed by atoms with Crippen molar-refractivity contribution < 1.29 is 27.1 Å². The van der Waals surface area contributed by atoms with Crippen molar-refractivity contribution >= 4 is 23.2 Å². The van der Waals surface area contributed by atoms with Crippen LogP contribution < -0.4 is 10.2 Å². The van der Waals surface area contributed by atoms with E-state index in [-0.39, 0.29) is 37.6 Å². The van der Waals surface area contributed by atoms with Crippen molar-refractivity contribution in [1.29, 1.82) is 0 Å². The van der Waals surface area contributed by atoms with Crippen LogP contribution in [0.2, 0.25) is 0 Å². The number of halogens is 4. The normalized spacial score (nSPS) is 12.9. The average Bonchev–Trinajstić information content (AvgIpc) is 2.85. The monoisotopic (exact) mass is 487 g/mol. The van der Waals surface area contributed by atoms with Gasteiger partial charge in [0.05, 0.1) is 18.8 Å². The third kappa shape index (κ3) is 5.72. The van der Waals surface area contributed by atoms with Gasteiger partial charge in [-0.3, -0.25) is 4.79 Å². The molecule has 1 aliphatic rings. The van der Waals surface area contributed by atoms with Crippen molar-refractivity contribution in [3.63, 3.8) is 0 Å². The van der Waals surface area contributed by atoms with Crippen molar-refractivity contribution in [2.45, 2.75) is 39.2 Å². The molecule has 0 amide bonds. The summed E-state index contributed by atoms with van der Waals surface area (Å²) in [4.78, 5) is 17.8. The Balaban J connectivity index is 1.47. The van der Waals surface area contributed by atoms with Gasteiger partial charge in [0.25, 0.3) is 0 Å². The quantitative estimate of drug-likeness (QED) is 0.246. The van der Waals surface area contributed by atoms with E-state index in [2.05, 4.69) is 10.3 Å². The lowest BCUT2D eigenvalue weighted by Crippen LogP contribution is -2.26. The van der Waals surface area contributed by atoms with Crippen LogP contribution in [0.25, 0.3) is 0 Å². The smallest absolute Gasteiger partial charge is 0.306 e. The summed E-state index contributed by atoms with van der Waals surface area (Å²) in [6, 6.07) is 10.4. The molecule has 0 aliphatic carbocycles. The number of nitrogens with one attached hydrogen (secondary N) is 1. The van der Waals surface area contributed by atoms with Crippen LogP contribution in [-0.2, 0) is 28.9 Å². The van der Waals surface area contributed by atoms with Crippen LogP contribution in [0, 0.1) is 23.3 Å². The van der Waals surface area contributed by atoms with Crippen LogP contribution in [-0.4, -0.2) is 24.1 Å². The second-order valence-corrected chi connectivity index (χ2v) is 8.23. The topological polar surface area (TPSA) is 54.5 Å². The van der Waals surface area contributed by atoms with Gasteiger partial charge in [-0.25, -0.2) is 22.5 Å². The van der Waals surface area contributed by atoms with Gasteiger partial charge in [-0.15, -0.1) is 0 Å². The molecular formula is C26H25F4N3O2. The number of rotatable bonds is 8. The maximum atomic E-state index is 14.5. The third-order valence-electron chi connectivity index (χ3n) is 5.81. The zero-order chi connectivity index (χ0) is 24.9. The van der Waals surface area contributed by atoms with Crippen molar-refractivity contribution in [3.05, 3.63) is 82.6 Å². The molecule has 9 heteroatoms. The molecule has 0 radical (unpaired) electrons. The fourth-order valence-electron chi connectivity index (χ4n) is 4.05. The van der Waals surface area contributed by atoms with Crippen molar-refractivity contribution in [1.82, 2.24) is 4.98 Å². The molecule has 4 rings (SSSR count). The lowest BCUT2D eigenvalue weighted by atomic mass is 10.0. The summed E-state index contributed by atoms with van der Waals surface area (Å²) in [5.41, 5.74) is 2.72. The van der Waals surface area contributed by atoms with Crippen LogP contribution in [0.3, 0.4) is 0 Å². The summed E-state index contributed by atoms with van der Waals surface area (Å²) in [6.07, 6.45) is 1.87. The second-order valence-electron chi connectivity index (χ2n) is 8.23. The number of carbonyl (C=O) groups excluding carboxylic acids is 1. The van der Waals surface area contributed by atoms with Crippen molar-refractivity contribution in [2.24, 2.45) is 0 Å². The number of anilines is 3. The minimum absolute atomic E-state index is 0.106. The summed E-state index contributed by atoms with van der Waals surface area (Å²) in [7, 11) is 0. The molecule has 1 aliphatic heterocycles. The molecule has 2 aromatic carbocycles. The molecule has 184 valence electrons. The van der Waals surface area contributed by atoms with E-state index in [1.165, 1.54) is 6.07 Å². The Morgan fingerprint density at radius 1 is 1.06 bits per heavy atom. The number of aryl methyl sites for hydroxylation is 2. The standard InChI is InChI=1S/C26H25F4N3O2/c1-2-35-24(34)10-7-16-5-8-18(12-21(16)27)31-15-19-9-6-17-4-3-11-33(26(17)32-19)20-13-22(28)25(30)23(29)14-20/h5-6,8-9,12-14,31H,2-4,7,10-11,15H2,1H3. The van der Waals surface area contributed by atoms with Crippen molar-refractivity contribution in [2.75, 3.05) is 23.4 Å². The van der Waals surface area contributed by atoms with Gasteiger partial charge in [-0.1, -0.05) is 12.1 Å². The van der Waals surface area contributed by atoms with E-state index in [4.69, 9.17) is 4.74 Å². The lowest BCUT2D eigenvalue weighted by molar-refractivity contribution is -0.143. The number of hydrogen-bond acceptors (Lipinski definition) is 5. The number of pyridine rings is 1. The second kappa shape index (κ2) is 10.8. The predicted molar refractivity (Wildman–Crippen MR) is 125 cm³/mol. The highest BCUT2D eigenvalue weighted by Crippen LogP contribution is 2.33. The molecule has 1 aromatic heterocycles. The summed E-state index contributed by atoms with van der Waals surface area (Å²) < 4.78 is 60.4. The van der Waals surface area contributed by atoms with E-state index in [1.807, 2.05) is 12.1 Å². The average molecular weight is 487 g/mol. The fourth-order valence-corrected chi connectivity index (χ4v) is 4.05. The van der Waals surface area contributed by atoms with Crippen LogP contribution >= 0.6 is 0 Å². The summed E-state index contributed by atoms with van der Waals surface area (Å²) in [5.74, 6) is -4.25. The zero-order valence-corrected chi connectivity index (χ0v) is 19.2. The number of benzene rings is 2. The van der Waals surface area contributed by atoms with E-state index in [0.29, 0.717) is 29.3 Å². The predicted octanol–water partition coefficient (Wildman–Crippen LogP) is 5.83. The molecule has 0 saturated heterocycles. The van der Waals surface area contributed by atoms with Crippen LogP contribution in [0.5, 0.6) is 0 Å². The number of carbonyl (C=O) groups is 1. The Morgan fingerprint density at radius 3 is 2.54 bits per heavy atom. The van der Waals surface area contributed by atoms with Crippen molar-refractivity contribution in [3.8, 4) is 0 Å². The molecule has 0 spiro atoms. The number of hydrogen-bond donors (Lipinski definition) is 1. The van der Waals surface area contributed by atoms with Crippen LogP contribution in [0.15, 0.2) is 42.5 Å². The summed E-state index contributed by atoms with van der Waals surface area (Å²) in [6.45, 7) is 2.78. The van der Waals surface area contributed by atoms with E-state index >= 15 is 0 Å². The Kier molecular flexibility index (Phi) is 7.53. The van der Waals surface area contributed by atoms with Gasteiger partial charge in [-0.2, -0.15) is 0 Å². The first-order valence-electron chi connectivity index (χ1n) is 11.4. The highest BCUT2D eigenvalue weighted by atomic mass is 19.2. The number of esters is 1. The summed E-state index contributed by atoms with van der Waals surface area (Å²) >= 11 is 0. The molecule has 5 nitrogen and oxygen atoms in total. The van der Waals surface area contributed by atoms with Gasteiger partial charge in [0.1, 0.15) is 11.6 Å². The minimum atomic E-state index is -1.50. The fraction of sp³-hybridized carbons (Fsp3) is 0.308. The Hall–Kier alpha value is -3.62. The zero-order valence-electron chi connectivity index (χ0n) is 19.2. The van der Waals surface area contributed by atoms with Gasteiger partial charge in [0.2, 0.25) is 0 Å². The molecule has 3 aromatic rings. The minimum Gasteiger partial charge on any atom is -0.466 e. The van der Waals surface area contributed by atoms with E-state index in [9.17, 15) is 22.4 Å². The molecule has 1 N–H and O–H groups in total. The molecular weight excluding hydrogens is 462 g/mol. The van der Waals surface area contributed by atoms with Gasteiger partial charge in [-0.05, 0) is 55.5 Å². The third-order valence-corrected chi connectivity index (χ3v) is 5.81. The molecule has 0 bridgehead atoms. The first-order valence-corrected chi connectivity index (χ1v) is 11.4. The van der Waals surface area contributed by atoms with Gasteiger partial charge < -0.3 is 15.0 Å².